The Labute approximate surface area is 117 Å². The number of aryl methyl sites for hydroxylation is 1. The number of aromatic hydroxyl groups is 1. The molecule has 0 saturated carbocycles. The van der Waals surface area contributed by atoms with Crippen LogP contribution in [0.1, 0.15) is 5.56 Å². The van der Waals surface area contributed by atoms with Crippen molar-refractivity contribution in [2.45, 2.75) is 6.92 Å². The van der Waals surface area contributed by atoms with Crippen LogP contribution in [0.2, 0.25) is 5.02 Å². The van der Waals surface area contributed by atoms with E-state index < -0.39 is 0 Å². The summed E-state index contributed by atoms with van der Waals surface area (Å²) in [6.45, 7) is 1.91. The molecule has 2 aromatic carbocycles. The lowest BCUT2D eigenvalue weighted by Crippen LogP contribution is -1.83. The predicted molar refractivity (Wildman–Crippen MR) is 77.2 cm³/mol. The van der Waals surface area contributed by atoms with E-state index in [1.807, 2.05) is 19.1 Å². The summed E-state index contributed by atoms with van der Waals surface area (Å²) < 4.78 is 5.81. The monoisotopic (exact) mass is 292 g/mol. The lowest BCUT2D eigenvalue weighted by Gasteiger charge is -2.05. The second-order valence-corrected chi connectivity index (χ2v) is 5.62. The van der Waals surface area contributed by atoms with Gasteiger partial charge in [0.1, 0.15) is 5.75 Å². The quantitative estimate of drug-likeness (QED) is 0.731. The molecule has 1 heterocycles. The van der Waals surface area contributed by atoms with Crippen LogP contribution in [0.25, 0.3) is 21.4 Å². The molecular formula is C14H9ClO3S. The zero-order chi connectivity index (χ0) is 13.6. The maximum atomic E-state index is 11.3. The predicted octanol–water partition coefficient (Wildman–Crippen LogP) is 4.19. The molecular weight excluding hydrogens is 284 g/mol. The fraction of sp³-hybridized carbons (Fsp3) is 0.0714. The molecule has 1 N–H and O–H groups in total. The number of hydrogen-bond donors (Lipinski definition) is 1. The lowest BCUT2D eigenvalue weighted by molar-refractivity contribution is 0.476. The van der Waals surface area contributed by atoms with Crippen LogP contribution in [0.3, 0.4) is 0 Å². The Morgan fingerprint density at radius 2 is 2.05 bits per heavy atom. The Balaban J connectivity index is 2.34. The Morgan fingerprint density at radius 1 is 1.26 bits per heavy atom. The van der Waals surface area contributed by atoms with E-state index in [0.717, 1.165) is 22.5 Å². The summed E-state index contributed by atoms with van der Waals surface area (Å²) >= 11 is 7.07. The molecule has 0 aliphatic carbocycles. The van der Waals surface area contributed by atoms with Crippen LogP contribution in [0.4, 0.5) is 0 Å². The van der Waals surface area contributed by atoms with Crippen LogP contribution < -0.4 is 4.94 Å². The smallest absolute Gasteiger partial charge is 0.396 e. The summed E-state index contributed by atoms with van der Waals surface area (Å²) in [4.78, 5) is 11.0. The Bertz CT molecular complexity index is 832. The molecule has 0 unspecified atom stereocenters. The van der Waals surface area contributed by atoms with Gasteiger partial charge in [-0.15, -0.1) is 0 Å². The number of hydrogen-bond acceptors (Lipinski definition) is 4. The molecule has 0 saturated heterocycles. The summed E-state index contributed by atoms with van der Waals surface area (Å²) in [5, 5.41) is 10.4. The first-order valence-corrected chi connectivity index (χ1v) is 6.77. The van der Waals surface area contributed by atoms with Crippen molar-refractivity contribution in [1.29, 1.82) is 0 Å². The molecule has 0 amide bonds. The molecule has 5 heteroatoms. The SMILES string of the molecule is Cc1ccc(-c2cc(O)cc3sc(=O)oc23)cc1Cl. The maximum Gasteiger partial charge on any atom is 0.396 e. The third-order valence-corrected chi connectivity index (χ3v) is 4.08. The van der Waals surface area contributed by atoms with E-state index >= 15 is 0 Å². The van der Waals surface area contributed by atoms with Crippen molar-refractivity contribution in [3.05, 3.63) is 50.7 Å². The van der Waals surface area contributed by atoms with Crippen LogP contribution in [0.5, 0.6) is 5.75 Å². The fourth-order valence-corrected chi connectivity index (χ4v) is 2.85. The van der Waals surface area contributed by atoms with Gasteiger partial charge in [0, 0.05) is 16.7 Å². The van der Waals surface area contributed by atoms with Crippen LogP contribution in [0.15, 0.2) is 39.5 Å². The summed E-state index contributed by atoms with van der Waals surface area (Å²) in [5.41, 5.74) is 2.91. The van der Waals surface area contributed by atoms with Gasteiger partial charge in [0.25, 0.3) is 0 Å². The van der Waals surface area contributed by atoms with Gasteiger partial charge in [-0.3, -0.25) is 0 Å². The maximum absolute atomic E-state index is 11.3. The highest BCUT2D eigenvalue weighted by atomic mass is 35.5. The standard InChI is InChI=1S/C14H9ClO3S/c1-7-2-3-8(4-11(7)15)10-5-9(16)6-12-13(10)18-14(17)19-12/h2-6,16H,1H3. The van der Waals surface area contributed by atoms with Gasteiger partial charge in [-0.25, -0.2) is 4.79 Å². The van der Waals surface area contributed by atoms with E-state index in [1.54, 1.807) is 12.1 Å². The van der Waals surface area contributed by atoms with Gasteiger partial charge in [-0.05, 0) is 30.2 Å². The first-order chi connectivity index (χ1) is 9.04. The number of halogens is 1. The highest BCUT2D eigenvalue weighted by Crippen LogP contribution is 2.35. The summed E-state index contributed by atoms with van der Waals surface area (Å²) in [5.74, 6) is 0.0937. The van der Waals surface area contributed by atoms with Crippen molar-refractivity contribution in [1.82, 2.24) is 0 Å². The molecule has 0 bridgehead atoms. The van der Waals surface area contributed by atoms with E-state index in [1.165, 1.54) is 6.07 Å². The van der Waals surface area contributed by atoms with Gasteiger partial charge in [-0.2, -0.15) is 0 Å². The number of benzene rings is 2. The van der Waals surface area contributed by atoms with E-state index in [-0.39, 0.29) is 10.7 Å². The lowest BCUT2D eigenvalue weighted by atomic mass is 10.0. The van der Waals surface area contributed by atoms with Gasteiger partial charge in [0.05, 0.1) is 4.70 Å². The Hall–Kier alpha value is -1.78. The third kappa shape index (κ3) is 2.13. The molecule has 0 atom stereocenters. The van der Waals surface area contributed by atoms with Gasteiger partial charge in [0.2, 0.25) is 0 Å². The second-order valence-electron chi connectivity index (χ2n) is 4.24. The van der Waals surface area contributed by atoms with E-state index in [4.69, 9.17) is 16.0 Å². The normalized spacial score (nSPS) is 11.1. The zero-order valence-corrected chi connectivity index (χ0v) is 11.5. The highest BCUT2D eigenvalue weighted by Gasteiger charge is 2.12. The summed E-state index contributed by atoms with van der Waals surface area (Å²) in [6, 6.07) is 8.65. The van der Waals surface area contributed by atoms with E-state index in [0.29, 0.717) is 20.9 Å². The summed E-state index contributed by atoms with van der Waals surface area (Å²) in [7, 11) is 0. The van der Waals surface area contributed by atoms with E-state index in [9.17, 15) is 9.90 Å². The Kier molecular flexibility index (Phi) is 2.84. The molecule has 19 heavy (non-hydrogen) atoms. The molecule has 0 aliphatic heterocycles. The summed E-state index contributed by atoms with van der Waals surface area (Å²) in [6.07, 6.45) is 0. The molecule has 0 fully saturated rings. The molecule has 0 radical (unpaired) electrons. The van der Waals surface area contributed by atoms with Crippen molar-refractivity contribution < 1.29 is 9.52 Å². The van der Waals surface area contributed by atoms with Gasteiger partial charge in [-0.1, -0.05) is 35.1 Å². The molecule has 3 nitrogen and oxygen atoms in total. The zero-order valence-electron chi connectivity index (χ0n) is 9.94. The van der Waals surface area contributed by atoms with Crippen molar-refractivity contribution in [2.24, 2.45) is 0 Å². The average molecular weight is 293 g/mol. The van der Waals surface area contributed by atoms with Gasteiger partial charge in [0.15, 0.2) is 5.58 Å². The van der Waals surface area contributed by atoms with Crippen molar-refractivity contribution in [3.8, 4) is 16.9 Å². The minimum atomic E-state index is -0.389. The van der Waals surface area contributed by atoms with Crippen LogP contribution >= 0.6 is 22.9 Å². The molecule has 3 rings (SSSR count). The van der Waals surface area contributed by atoms with Gasteiger partial charge >= 0.3 is 4.94 Å². The van der Waals surface area contributed by atoms with Crippen molar-refractivity contribution in [2.75, 3.05) is 0 Å². The third-order valence-electron chi connectivity index (χ3n) is 2.90. The number of phenols is 1. The Morgan fingerprint density at radius 3 is 2.79 bits per heavy atom. The minimum Gasteiger partial charge on any atom is -0.508 e. The van der Waals surface area contributed by atoms with Crippen LogP contribution in [0, 0.1) is 6.92 Å². The first kappa shape index (κ1) is 12.3. The number of phenolic OH excluding ortho intramolecular Hbond substituents is 1. The van der Waals surface area contributed by atoms with Crippen LogP contribution in [-0.4, -0.2) is 5.11 Å². The van der Waals surface area contributed by atoms with E-state index in [2.05, 4.69) is 0 Å². The van der Waals surface area contributed by atoms with Gasteiger partial charge < -0.3 is 9.52 Å². The van der Waals surface area contributed by atoms with Crippen molar-refractivity contribution in [3.63, 3.8) is 0 Å². The molecule has 3 aromatic rings. The molecule has 96 valence electrons. The molecule has 0 spiro atoms. The topological polar surface area (TPSA) is 50.4 Å². The average Bonchev–Trinajstić information content (AvgIpc) is 2.72. The fourth-order valence-electron chi connectivity index (χ4n) is 1.94. The molecule has 1 aromatic heterocycles. The first-order valence-electron chi connectivity index (χ1n) is 5.58. The number of rotatable bonds is 1. The van der Waals surface area contributed by atoms with Crippen LogP contribution in [-0.2, 0) is 0 Å². The second kappa shape index (κ2) is 4.40. The molecule has 0 aliphatic rings. The highest BCUT2D eigenvalue weighted by molar-refractivity contribution is 7.16. The largest absolute Gasteiger partial charge is 0.508 e. The number of fused-ring (bicyclic) bond motifs is 1. The minimum absolute atomic E-state index is 0.0937. The van der Waals surface area contributed by atoms with Crippen molar-refractivity contribution >= 4 is 33.2 Å².